The number of halogens is 1. The lowest BCUT2D eigenvalue weighted by molar-refractivity contribution is 0.299. The Labute approximate surface area is 136 Å². The van der Waals surface area contributed by atoms with Gasteiger partial charge in [-0.2, -0.15) is 0 Å². The molecule has 112 valence electrons. The van der Waals surface area contributed by atoms with Crippen LogP contribution in [0.2, 0.25) is 0 Å². The minimum Gasteiger partial charge on any atom is -0.497 e. The number of nitrogens with zero attached hydrogens (tertiary/aromatic N) is 1. The summed E-state index contributed by atoms with van der Waals surface area (Å²) >= 11 is 5.16. The molecule has 1 N–H and O–H groups in total. The third kappa shape index (κ3) is 4.18. The van der Waals surface area contributed by atoms with Gasteiger partial charge in [0.1, 0.15) is 23.1 Å². The number of aromatic nitrogens is 1. The lowest BCUT2D eigenvalue weighted by Gasteiger charge is -2.08. The van der Waals surface area contributed by atoms with Crippen LogP contribution in [0.25, 0.3) is 0 Å². The van der Waals surface area contributed by atoms with Gasteiger partial charge in [-0.15, -0.1) is 11.3 Å². The minimum atomic E-state index is 0.477. The zero-order valence-electron chi connectivity index (χ0n) is 11.8. The molecule has 2 aromatic rings. The molecule has 1 aliphatic rings. The first-order chi connectivity index (χ1) is 10.2. The SMILES string of the molecule is COc1ccc(OCc2csc(CNC3CC3)n2)c(Br)c1. The maximum Gasteiger partial charge on any atom is 0.134 e. The molecule has 0 amide bonds. The highest BCUT2D eigenvalue weighted by molar-refractivity contribution is 9.10. The average Bonchev–Trinajstić information content (AvgIpc) is 3.22. The van der Waals surface area contributed by atoms with E-state index in [-0.39, 0.29) is 0 Å². The normalized spacial score (nSPS) is 14.2. The van der Waals surface area contributed by atoms with Crippen LogP contribution < -0.4 is 14.8 Å². The molecule has 0 aliphatic heterocycles. The van der Waals surface area contributed by atoms with E-state index in [1.807, 2.05) is 18.2 Å². The van der Waals surface area contributed by atoms with Crippen molar-refractivity contribution in [3.05, 3.63) is 38.8 Å². The minimum absolute atomic E-state index is 0.477. The number of hydrogen-bond donors (Lipinski definition) is 1. The van der Waals surface area contributed by atoms with Crippen LogP contribution in [0, 0.1) is 0 Å². The van der Waals surface area contributed by atoms with E-state index in [1.54, 1.807) is 18.4 Å². The van der Waals surface area contributed by atoms with E-state index < -0.39 is 0 Å². The molecule has 6 heteroatoms. The number of hydrogen-bond acceptors (Lipinski definition) is 5. The summed E-state index contributed by atoms with van der Waals surface area (Å²) in [5.41, 5.74) is 0.968. The molecule has 1 aliphatic carbocycles. The monoisotopic (exact) mass is 368 g/mol. The van der Waals surface area contributed by atoms with Crippen LogP contribution in [0.5, 0.6) is 11.5 Å². The first-order valence-corrected chi connectivity index (χ1v) is 8.55. The number of thiazole rings is 1. The fourth-order valence-electron chi connectivity index (χ4n) is 1.89. The van der Waals surface area contributed by atoms with Gasteiger partial charge in [0.2, 0.25) is 0 Å². The molecular weight excluding hydrogens is 352 g/mol. The molecule has 3 rings (SSSR count). The van der Waals surface area contributed by atoms with E-state index in [1.165, 1.54) is 12.8 Å². The first-order valence-electron chi connectivity index (χ1n) is 6.87. The summed E-state index contributed by atoms with van der Waals surface area (Å²) in [7, 11) is 1.65. The van der Waals surface area contributed by atoms with Crippen molar-refractivity contribution in [1.29, 1.82) is 0 Å². The Kier molecular flexibility index (Phi) is 4.77. The van der Waals surface area contributed by atoms with Gasteiger partial charge in [0.25, 0.3) is 0 Å². The van der Waals surface area contributed by atoms with Crippen molar-refractivity contribution in [2.45, 2.75) is 32.0 Å². The molecule has 0 spiro atoms. The fraction of sp³-hybridized carbons (Fsp3) is 0.400. The van der Waals surface area contributed by atoms with Gasteiger partial charge in [0.05, 0.1) is 17.3 Å². The molecule has 0 atom stereocenters. The van der Waals surface area contributed by atoms with Crippen molar-refractivity contribution in [3.63, 3.8) is 0 Å². The van der Waals surface area contributed by atoms with Gasteiger partial charge in [-0.3, -0.25) is 0 Å². The topological polar surface area (TPSA) is 43.4 Å². The van der Waals surface area contributed by atoms with Crippen LogP contribution >= 0.6 is 27.3 Å². The Hall–Kier alpha value is -1.11. The Morgan fingerprint density at radius 3 is 3.00 bits per heavy atom. The first kappa shape index (κ1) is 14.8. The van der Waals surface area contributed by atoms with Crippen LogP contribution in [0.4, 0.5) is 0 Å². The highest BCUT2D eigenvalue weighted by Crippen LogP contribution is 2.29. The largest absolute Gasteiger partial charge is 0.497 e. The summed E-state index contributed by atoms with van der Waals surface area (Å²) in [4.78, 5) is 4.58. The van der Waals surface area contributed by atoms with Crippen LogP contribution in [0.3, 0.4) is 0 Å². The van der Waals surface area contributed by atoms with E-state index in [2.05, 4.69) is 31.6 Å². The van der Waals surface area contributed by atoms with Gasteiger partial charge in [-0.1, -0.05) is 0 Å². The molecule has 21 heavy (non-hydrogen) atoms. The van der Waals surface area contributed by atoms with Gasteiger partial charge in [-0.05, 0) is 47.0 Å². The van der Waals surface area contributed by atoms with E-state index in [0.717, 1.165) is 33.2 Å². The summed E-state index contributed by atoms with van der Waals surface area (Å²) in [6, 6.07) is 6.38. The maximum absolute atomic E-state index is 5.79. The van der Waals surface area contributed by atoms with Crippen molar-refractivity contribution in [2.75, 3.05) is 7.11 Å². The van der Waals surface area contributed by atoms with Crippen molar-refractivity contribution >= 4 is 27.3 Å². The van der Waals surface area contributed by atoms with Crippen molar-refractivity contribution in [3.8, 4) is 11.5 Å². The second-order valence-electron chi connectivity index (χ2n) is 4.97. The van der Waals surface area contributed by atoms with Crippen LogP contribution in [-0.2, 0) is 13.2 Å². The second-order valence-corrected chi connectivity index (χ2v) is 6.77. The smallest absolute Gasteiger partial charge is 0.134 e. The number of methoxy groups -OCH3 is 1. The Balaban J connectivity index is 1.54. The molecule has 1 saturated carbocycles. The summed E-state index contributed by atoms with van der Waals surface area (Å²) in [5, 5.41) is 6.64. The molecule has 0 radical (unpaired) electrons. The molecule has 1 aromatic heterocycles. The average molecular weight is 369 g/mol. The van der Waals surface area contributed by atoms with Crippen molar-refractivity contribution in [1.82, 2.24) is 10.3 Å². The highest BCUT2D eigenvalue weighted by atomic mass is 79.9. The molecule has 1 aromatic carbocycles. The zero-order chi connectivity index (χ0) is 14.7. The van der Waals surface area contributed by atoms with E-state index in [0.29, 0.717) is 12.6 Å². The molecule has 1 fully saturated rings. The van der Waals surface area contributed by atoms with Gasteiger partial charge < -0.3 is 14.8 Å². The third-order valence-corrected chi connectivity index (χ3v) is 4.75. The Morgan fingerprint density at radius 1 is 1.43 bits per heavy atom. The molecule has 4 nitrogen and oxygen atoms in total. The predicted molar refractivity (Wildman–Crippen MR) is 87.0 cm³/mol. The fourth-order valence-corrected chi connectivity index (χ4v) is 3.09. The number of rotatable bonds is 7. The number of benzene rings is 1. The number of nitrogens with one attached hydrogen (secondary N) is 1. The van der Waals surface area contributed by atoms with E-state index >= 15 is 0 Å². The van der Waals surface area contributed by atoms with Gasteiger partial charge >= 0.3 is 0 Å². The third-order valence-electron chi connectivity index (χ3n) is 3.23. The molecule has 0 saturated heterocycles. The summed E-state index contributed by atoms with van der Waals surface area (Å²) in [6.45, 7) is 1.34. The summed E-state index contributed by atoms with van der Waals surface area (Å²) in [6.07, 6.45) is 2.60. The highest BCUT2D eigenvalue weighted by Gasteiger charge is 2.20. The lowest BCUT2D eigenvalue weighted by atomic mass is 10.3. The van der Waals surface area contributed by atoms with Crippen LogP contribution in [-0.4, -0.2) is 18.1 Å². The molecule has 1 heterocycles. The predicted octanol–water partition coefficient (Wildman–Crippen LogP) is 3.75. The van der Waals surface area contributed by atoms with Crippen molar-refractivity contribution < 1.29 is 9.47 Å². The summed E-state index contributed by atoms with van der Waals surface area (Å²) < 4.78 is 11.8. The van der Waals surface area contributed by atoms with Crippen LogP contribution in [0.15, 0.2) is 28.1 Å². The lowest BCUT2D eigenvalue weighted by Crippen LogP contribution is -2.15. The molecular formula is C15H17BrN2O2S. The quantitative estimate of drug-likeness (QED) is 0.808. The Morgan fingerprint density at radius 2 is 2.29 bits per heavy atom. The second kappa shape index (κ2) is 6.77. The van der Waals surface area contributed by atoms with Gasteiger partial charge in [0, 0.05) is 18.0 Å². The van der Waals surface area contributed by atoms with Gasteiger partial charge in [0.15, 0.2) is 0 Å². The van der Waals surface area contributed by atoms with E-state index in [9.17, 15) is 0 Å². The number of ether oxygens (including phenoxy) is 2. The maximum atomic E-state index is 5.79. The Bertz CT molecular complexity index is 613. The van der Waals surface area contributed by atoms with Gasteiger partial charge in [-0.25, -0.2) is 4.98 Å². The van der Waals surface area contributed by atoms with E-state index in [4.69, 9.17) is 9.47 Å². The molecule has 0 bridgehead atoms. The summed E-state index contributed by atoms with van der Waals surface area (Å²) in [5.74, 6) is 1.60. The van der Waals surface area contributed by atoms with Crippen molar-refractivity contribution in [2.24, 2.45) is 0 Å². The zero-order valence-corrected chi connectivity index (χ0v) is 14.2. The molecule has 0 unspecified atom stereocenters. The standard InChI is InChI=1S/C15H17BrN2O2S/c1-19-12-4-5-14(13(16)6-12)20-8-11-9-21-15(18-11)7-17-10-2-3-10/h4-6,9-10,17H,2-3,7-8H2,1H3. The van der Waals surface area contributed by atoms with Crippen LogP contribution in [0.1, 0.15) is 23.5 Å².